The smallest absolute Gasteiger partial charge is 0.142 e. The molecule has 2 N–H and O–H groups in total. The molecule has 3 aromatic rings. The molecular weight excluding hydrogens is 262 g/mol. The van der Waals surface area contributed by atoms with Crippen molar-refractivity contribution in [3.8, 4) is 22.8 Å². The highest BCUT2D eigenvalue weighted by Crippen LogP contribution is 2.33. The third-order valence-corrected chi connectivity index (χ3v) is 3.56. The maximum Gasteiger partial charge on any atom is 0.142 e. The first-order chi connectivity index (χ1) is 10.1. The van der Waals surface area contributed by atoms with E-state index in [0.29, 0.717) is 5.82 Å². The van der Waals surface area contributed by atoms with Gasteiger partial charge < -0.3 is 14.9 Å². The lowest BCUT2D eigenvalue weighted by Crippen LogP contribution is -2.07. The standard InChI is InChI=1S/C16H19N5/c1-11(2)21-15(17)14(13-9-18-10-20(13)3)19-16(21)12-7-5-4-6-8-12/h4-11H,17H2,1-3H3. The molecule has 3 rings (SSSR count). The van der Waals surface area contributed by atoms with Crippen molar-refractivity contribution in [1.29, 1.82) is 0 Å². The average Bonchev–Trinajstić information content (AvgIpc) is 3.03. The van der Waals surface area contributed by atoms with Crippen LogP contribution in [-0.2, 0) is 7.05 Å². The molecule has 0 amide bonds. The Bertz CT molecular complexity index is 752. The predicted molar refractivity (Wildman–Crippen MR) is 84.7 cm³/mol. The van der Waals surface area contributed by atoms with Crippen molar-refractivity contribution in [1.82, 2.24) is 19.1 Å². The van der Waals surface area contributed by atoms with Crippen LogP contribution in [0.3, 0.4) is 0 Å². The highest BCUT2D eigenvalue weighted by atomic mass is 15.2. The van der Waals surface area contributed by atoms with Crippen LogP contribution in [0.5, 0.6) is 0 Å². The van der Waals surface area contributed by atoms with Crippen LogP contribution in [-0.4, -0.2) is 19.1 Å². The van der Waals surface area contributed by atoms with Crippen molar-refractivity contribution in [2.75, 3.05) is 5.73 Å². The molecule has 0 radical (unpaired) electrons. The fraction of sp³-hybridized carbons (Fsp3) is 0.250. The first-order valence-corrected chi connectivity index (χ1v) is 6.99. The number of nitrogens with two attached hydrogens (primary N) is 1. The molecular formula is C16H19N5. The molecule has 21 heavy (non-hydrogen) atoms. The summed E-state index contributed by atoms with van der Waals surface area (Å²) in [6, 6.07) is 10.3. The van der Waals surface area contributed by atoms with Crippen molar-refractivity contribution in [3.05, 3.63) is 42.9 Å². The van der Waals surface area contributed by atoms with Gasteiger partial charge in [-0.15, -0.1) is 0 Å². The number of rotatable bonds is 3. The largest absolute Gasteiger partial charge is 0.383 e. The fourth-order valence-electron chi connectivity index (χ4n) is 2.53. The number of aromatic nitrogens is 4. The van der Waals surface area contributed by atoms with Crippen molar-refractivity contribution < 1.29 is 0 Å². The van der Waals surface area contributed by atoms with E-state index >= 15 is 0 Å². The number of hydrogen-bond donors (Lipinski definition) is 1. The zero-order chi connectivity index (χ0) is 15.0. The van der Waals surface area contributed by atoms with Gasteiger partial charge in [0.05, 0.1) is 18.2 Å². The molecule has 1 aromatic carbocycles. The van der Waals surface area contributed by atoms with Crippen LogP contribution in [0.1, 0.15) is 19.9 Å². The van der Waals surface area contributed by atoms with E-state index in [1.807, 2.05) is 41.9 Å². The van der Waals surface area contributed by atoms with E-state index in [0.717, 1.165) is 22.8 Å². The number of nitrogen functional groups attached to an aromatic ring is 1. The van der Waals surface area contributed by atoms with E-state index in [1.54, 1.807) is 12.5 Å². The van der Waals surface area contributed by atoms with E-state index in [9.17, 15) is 0 Å². The zero-order valence-electron chi connectivity index (χ0n) is 12.5. The van der Waals surface area contributed by atoms with Gasteiger partial charge in [0.25, 0.3) is 0 Å². The molecule has 0 aliphatic heterocycles. The first kappa shape index (κ1) is 13.4. The van der Waals surface area contributed by atoms with Gasteiger partial charge in [-0.05, 0) is 13.8 Å². The van der Waals surface area contributed by atoms with Gasteiger partial charge in [0.1, 0.15) is 17.3 Å². The minimum Gasteiger partial charge on any atom is -0.383 e. The lowest BCUT2D eigenvalue weighted by molar-refractivity contribution is 0.614. The Morgan fingerprint density at radius 3 is 2.43 bits per heavy atom. The number of hydrogen-bond acceptors (Lipinski definition) is 3. The maximum absolute atomic E-state index is 6.36. The number of anilines is 1. The summed E-state index contributed by atoms with van der Waals surface area (Å²) in [5.74, 6) is 1.56. The fourth-order valence-corrected chi connectivity index (χ4v) is 2.53. The SMILES string of the molecule is CC(C)n1c(-c2ccccc2)nc(-c2cncn2C)c1N. The lowest BCUT2D eigenvalue weighted by Gasteiger charge is -2.13. The minimum absolute atomic E-state index is 0.231. The van der Waals surface area contributed by atoms with Crippen LogP contribution in [0.25, 0.3) is 22.8 Å². The summed E-state index contributed by atoms with van der Waals surface area (Å²) in [7, 11) is 1.94. The quantitative estimate of drug-likeness (QED) is 0.802. The van der Waals surface area contributed by atoms with Crippen LogP contribution in [0.4, 0.5) is 5.82 Å². The second-order valence-electron chi connectivity index (χ2n) is 5.39. The monoisotopic (exact) mass is 281 g/mol. The second kappa shape index (κ2) is 5.09. The van der Waals surface area contributed by atoms with Crippen molar-refractivity contribution in [2.45, 2.75) is 19.9 Å². The van der Waals surface area contributed by atoms with Crippen molar-refractivity contribution in [2.24, 2.45) is 7.05 Å². The number of aryl methyl sites for hydroxylation is 1. The van der Waals surface area contributed by atoms with Crippen LogP contribution in [0.2, 0.25) is 0 Å². The number of imidazole rings is 2. The van der Waals surface area contributed by atoms with E-state index in [2.05, 4.69) is 23.4 Å². The molecule has 0 atom stereocenters. The molecule has 0 bridgehead atoms. The molecule has 5 nitrogen and oxygen atoms in total. The molecule has 0 saturated heterocycles. The second-order valence-corrected chi connectivity index (χ2v) is 5.39. The Balaban J connectivity index is 2.24. The summed E-state index contributed by atoms with van der Waals surface area (Å²) in [5, 5.41) is 0. The van der Waals surface area contributed by atoms with E-state index in [4.69, 9.17) is 10.7 Å². The molecule has 2 heterocycles. The van der Waals surface area contributed by atoms with Gasteiger partial charge >= 0.3 is 0 Å². The normalized spacial score (nSPS) is 11.2. The predicted octanol–water partition coefficient (Wildman–Crippen LogP) is 3.11. The highest BCUT2D eigenvalue weighted by Gasteiger charge is 2.20. The van der Waals surface area contributed by atoms with Crippen molar-refractivity contribution in [3.63, 3.8) is 0 Å². The lowest BCUT2D eigenvalue weighted by atomic mass is 10.2. The Kier molecular flexibility index (Phi) is 3.25. The average molecular weight is 281 g/mol. The third-order valence-electron chi connectivity index (χ3n) is 3.56. The summed E-state index contributed by atoms with van der Waals surface area (Å²) < 4.78 is 4.00. The molecule has 0 aliphatic rings. The van der Waals surface area contributed by atoms with Crippen LogP contribution >= 0.6 is 0 Å². The van der Waals surface area contributed by atoms with Gasteiger partial charge in [-0.1, -0.05) is 30.3 Å². The summed E-state index contributed by atoms with van der Waals surface area (Å²) in [6.45, 7) is 4.22. The molecule has 5 heteroatoms. The Morgan fingerprint density at radius 2 is 1.86 bits per heavy atom. The maximum atomic E-state index is 6.36. The molecule has 0 unspecified atom stereocenters. The molecule has 2 aromatic heterocycles. The Labute approximate surface area is 124 Å². The first-order valence-electron chi connectivity index (χ1n) is 6.99. The van der Waals surface area contributed by atoms with Crippen LogP contribution < -0.4 is 5.73 Å². The third kappa shape index (κ3) is 2.20. The zero-order valence-corrected chi connectivity index (χ0v) is 12.5. The van der Waals surface area contributed by atoms with Crippen LogP contribution in [0, 0.1) is 0 Å². The summed E-state index contributed by atoms with van der Waals surface area (Å²) in [6.07, 6.45) is 3.55. The van der Waals surface area contributed by atoms with Gasteiger partial charge in [0, 0.05) is 18.7 Å². The van der Waals surface area contributed by atoms with Crippen molar-refractivity contribution >= 4 is 5.82 Å². The van der Waals surface area contributed by atoms with E-state index in [-0.39, 0.29) is 6.04 Å². The van der Waals surface area contributed by atoms with Gasteiger partial charge in [0.2, 0.25) is 0 Å². The molecule has 0 saturated carbocycles. The van der Waals surface area contributed by atoms with Gasteiger partial charge in [-0.2, -0.15) is 0 Å². The van der Waals surface area contributed by atoms with Crippen LogP contribution in [0.15, 0.2) is 42.9 Å². The van der Waals surface area contributed by atoms with E-state index < -0.39 is 0 Å². The minimum atomic E-state index is 0.231. The molecule has 0 fully saturated rings. The van der Waals surface area contributed by atoms with Gasteiger partial charge in [-0.25, -0.2) is 9.97 Å². The molecule has 0 aliphatic carbocycles. The van der Waals surface area contributed by atoms with Gasteiger partial charge in [-0.3, -0.25) is 0 Å². The summed E-state index contributed by atoms with van der Waals surface area (Å²) in [5.41, 5.74) is 9.12. The Hall–Kier alpha value is -2.56. The number of nitrogens with zero attached hydrogens (tertiary/aromatic N) is 4. The molecule has 0 spiro atoms. The summed E-state index contributed by atoms with van der Waals surface area (Å²) >= 11 is 0. The van der Waals surface area contributed by atoms with E-state index in [1.165, 1.54) is 0 Å². The number of benzene rings is 1. The van der Waals surface area contributed by atoms with Gasteiger partial charge in [0.15, 0.2) is 0 Å². The highest BCUT2D eigenvalue weighted by molar-refractivity contribution is 5.73. The molecule has 108 valence electrons. The summed E-state index contributed by atoms with van der Waals surface area (Å²) in [4.78, 5) is 8.94. The Morgan fingerprint density at radius 1 is 1.14 bits per heavy atom. The topological polar surface area (TPSA) is 61.7 Å².